The predicted molar refractivity (Wildman–Crippen MR) is 17.1 cm³/mol. The van der Waals surface area contributed by atoms with Crippen LogP contribution in [0.1, 0.15) is 0 Å². The van der Waals surface area contributed by atoms with Crippen molar-refractivity contribution in [3.63, 3.8) is 0 Å². The van der Waals surface area contributed by atoms with E-state index >= 15 is 0 Å². The quantitative estimate of drug-likeness (QED) is 0.375. The minimum atomic E-state index is 0. The molecule has 0 aromatic heterocycles. The molecule has 0 aliphatic carbocycles. The van der Waals surface area contributed by atoms with Gasteiger partial charge >= 0.3 is 37.7 Å². The summed E-state index contributed by atoms with van der Waals surface area (Å²) in [6, 6.07) is 0. The van der Waals surface area contributed by atoms with E-state index in [-0.39, 0.29) is 17.1 Å². The van der Waals surface area contributed by atoms with Crippen LogP contribution >= 0.6 is 0 Å². The molecule has 0 rings (SSSR count). The molecule has 0 spiro atoms. The first kappa shape index (κ1) is 9.25. The van der Waals surface area contributed by atoms with Gasteiger partial charge in [-0.05, 0) is 0 Å². The summed E-state index contributed by atoms with van der Waals surface area (Å²) in [5.41, 5.74) is 0. The van der Waals surface area contributed by atoms with Crippen LogP contribution < -0.4 is 0 Å². The topological polar surface area (TPSA) is 0 Å². The zero-order chi connectivity index (χ0) is 2.71. The van der Waals surface area contributed by atoms with Crippen LogP contribution in [0.3, 0.4) is 0 Å². The van der Waals surface area contributed by atoms with Crippen LogP contribution in [0.15, 0.2) is 0 Å². The third-order valence-corrected chi connectivity index (χ3v) is 0. The van der Waals surface area contributed by atoms with Crippen molar-refractivity contribution in [1.82, 2.24) is 0 Å². The average molecular weight is 170 g/mol. The molecule has 0 aliphatic rings. The maximum Gasteiger partial charge on any atom is 0 e. The van der Waals surface area contributed by atoms with E-state index in [2.05, 4.69) is 15.4 Å². The number of rotatable bonds is 0. The molecule has 0 aliphatic heterocycles. The average Bonchev–Trinajstić information content (AvgIpc) is 0.918. The van der Waals surface area contributed by atoms with Gasteiger partial charge in [0.05, 0.1) is 0 Å². The molecule has 0 nitrogen and oxygen atoms in total. The van der Waals surface area contributed by atoms with E-state index < -0.39 is 0 Å². The van der Waals surface area contributed by atoms with Crippen LogP contribution in [0.25, 0.3) is 0 Å². The Bertz CT molecular complexity index is 8.00. The normalized spacial score (nSPS) is 7.25. The van der Waals surface area contributed by atoms with Crippen molar-refractivity contribution in [3.05, 3.63) is 0 Å². The van der Waals surface area contributed by atoms with Gasteiger partial charge in [0.1, 0.15) is 0 Å². The molecule has 0 fully saturated rings. The molecule has 0 bridgehead atoms. The maximum atomic E-state index is 3.69. The zero-order valence-corrected chi connectivity index (χ0v) is 8.14. The molecule has 0 atom stereocenters. The first-order chi connectivity index (χ1) is 1.41. The molecule has 0 unspecified atom stereocenters. The first-order valence-corrected chi connectivity index (χ1v) is 9.46. The number of hydrogen-bond acceptors (Lipinski definition) is 0. The SMILES string of the molecule is [AlH2][SiH2][Fe].[Mn]. The minimum absolute atomic E-state index is 0. The van der Waals surface area contributed by atoms with Gasteiger partial charge in [-0.3, -0.25) is 0 Å². The van der Waals surface area contributed by atoms with Crippen molar-refractivity contribution >= 4 is 22.3 Å². The maximum absolute atomic E-state index is 3.69. The summed E-state index contributed by atoms with van der Waals surface area (Å²) in [4.78, 5) is 0. The standard InChI is InChI=1S/Al.Fe.Mn.H2Si.2H/h;;;1H2;;. The Morgan fingerprint density at radius 1 is 1.75 bits per heavy atom. The van der Waals surface area contributed by atoms with Crippen molar-refractivity contribution in [2.24, 2.45) is 0 Å². The zero-order valence-electron chi connectivity index (χ0n) is 2.44. The van der Waals surface area contributed by atoms with Gasteiger partial charge in [-0.15, -0.1) is 0 Å². The Hall–Kier alpha value is 1.79. The molecule has 0 aromatic carbocycles. The summed E-state index contributed by atoms with van der Waals surface area (Å²) in [5, 5.41) is 0. The summed E-state index contributed by atoms with van der Waals surface area (Å²) >= 11 is 5.08. The summed E-state index contributed by atoms with van der Waals surface area (Å²) in [7, 11) is 0. The number of hydrogen-bond donors (Lipinski definition) is 0. The second-order valence-corrected chi connectivity index (χ2v) is 9.28. The molecular formula is H4AlFeMnSi. The van der Waals surface area contributed by atoms with Crippen molar-refractivity contribution in [2.45, 2.75) is 0 Å². The van der Waals surface area contributed by atoms with Gasteiger partial charge in [0.2, 0.25) is 0 Å². The van der Waals surface area contributed by atoms with Crippen LogP contribution in [-0.2, 0) is 32.4 Å². The van der Waals surface area contributed by atoms with Gasteiger partial charge < -0.3 is 0 Å². The van der Waals surface area contributed by atoms with Gasteiger partial charge in [0.25, 0.3) is 0 Å². The summed E-state index contributed by atoms with van der Waals surface area (Å²) < 4.78 is 0. The second-order valence-electron chi connectivity index (χ2n) is 0.250. The van der Waals surface area contributed by atoms with Crippen LogP contribution in [-0.4, -0.2) is 22.3 Å². The predicted octanol–water partition coefficient (Wildman–Crippen LogP) is -1.84. The van der Waals surface area contributed by atoms with Gasteiger partial charge in [-0.2, -0.15) is 0 Å². The third kappa shape index (κ3) is 9.21. The fourth-order valence-corrected chi connectivity index (χ4v) is 0. The van der Waals surface area contributed by atoms with Gasteiger partial charge in [-0.1, -0.05) is 0 Å². The van der Waals surface area contributed by atoms with E-state index in [1.54, 1.807) is 0 Å². The molecule has 0 saturated carbocycles. The fourth-order valence-electron chi connectivity index (χ4n) is 0. The third-order valence-electron chi connectivity index (χ3n) is 0. The smallest absolute Gasteiger partial charge is 0 e. The monoisotopic (exact) mass is 170 g/mol. The van der Waals surface area contributed by atoms with Crippen molar-refractivity contribution in [3.8, 4) is 0 Å². The Balaban J connectivity index is 0. The van der Waals surface area contributed by atoms with Gasteiger partial charge in [0, 0.05) is 17.1 Å². The summed E-state index contributed by atoms with van der Waals surface area (Å²) in [6.07, 6.45) is 0. The van der Waals surface area contributed by atoms with Crippen LogP contribution in [0.2, 0.25) is 0 Å². The Labute approximate surface area is 54.5 Å². The molecule has 0 amide bonds. The van der Waals surface area contributed by atoms with Gasteiger partial charge in [-0.25, -0.2) is 0 Å². The Kier molecular flexibility index (Phi) is 20.4. The van der Waals surface area contributed by atoms with Crippen LogP contribution in [0.4, 0.5) is 0 Å². The van der Waals surface area contributed by atoms with E-state index in [1.807, 2.05) is 0 Å². The van der Waals surface area contributed by atoms with Gasteiger partial charge in [0.15, 0.2) is 0 Å². The fraction of sp³-hybridized carbons (Fsp3) is 0. The molecule has 4 heteroatoms. The first-order valence-electron chi connectivity index (χ1n) is 0.957. The summed E-state index contributed by atoms with van der Waals surface area (Å²) in [5.74, 6) is 0. The molecule has 0 aromatic rings. The molecule has 26 valence electrons. The second kappa shape index (κ2) is 8.84. The molecule has 1 radical (unpaired) electrons. The molecule has 0 heterocycles. The van der Waals surface area contributed by atoms with Crippen molar-refractivity contribution in [2.75, 3.05) is 0 Å². The molecule has 0 N–H and O–H groups in total. The van der Waals surface area contributed by atoms with Crippen LogP contribution in [0.5, 0.6) is 0 Å². The van der Waals surface area contributed by atoms with E-state index in [9.17, 15) is 0 Å². The summed E-state index contributed by atoms with van der Waals surface area (Å²) in [6.45, 7) is 0.306. The largest absolute Gasteiger partial charge is 0 e. The van der Waals surface area contributed by atoms with Crippen molar-refractivity contribution < 1.29 is 32.4 Å². The molecule has 0 saturated heterocycles. The van der Waals surface area contributed by atoms with Crippen molar-refractivity contribution in [1.29, 1.82) is 0 Å². The van der Waals surface area contributed by atoms with Crippen LogP contribution in [0, 0.1) is 0 Å². The molecular weight excluding hydrogens is 166 g/mol. The van der Waals surface area contributed by atoms with E-state index in [0.717, 1.165) is 0 Å². The Morgan fingerprint density at radius 3 is 1.75 bits per heavy atom. The minimum Gasteiger partial charge on any atom is 0 e. The van der Waals surface area contributed by atoms with E-state index in [0.29, 0.717) is 6.69 Å². The van der Waals surface area contributed by atoms with E-state index in [1.165, 1.54) is 15.6 Å². The van der Waals surface area contributed by atoms with E-state index in [4.69, 9.17) is 0 Å². The Morgan fingerprint density at radius 2 is 1.75 bits per heavy atom. The molecule has 4 heavy (non-hydrogen) atoms.